The molecule has 3 nitrogen and oxygen atoms in total. The van der Waals surface area contributed by atoms with Gasteiger partial charge in [-0.15, -0.1) is 0 Å². The Morgan fingerprint density at radius 2 is 2.00 bits per heavy atom. The Bertz CT molecular complexity index is 442. The van der Waals surface area contributed by atoms with Crippen LogP contribution < -0.4 is 0 Å². The molecule has 0 atom stereocenters. The summed E-state index contributed by atoms with van der Waals surface area (Å²) in [7, 11) is 0. The van der Waals surface area contributed by atoms with Crippen LogP contribution in [0.3, 0.4) is 0 Å². The summed E-state index contributed by atoms with van der Waals surface area (Å²) in [6.07, 6.45) is 2.18. The molecule has 1 amide bonds. The first-order valence-electron chi connectivity index (χ1n) is 6.19. The molecule has 18 heavy (non-hydrogen) atoms. The quantitative estimate of drug-likeness (QED) is 0.799. The highest BCUT2D eigenvalue weighted by Crippen LogP contribution is 2.11. The van der Waals surface area contributed by atoms with Gasteiger partial charge in [-0.25, -0.2) is 4.39 Å². The fourth-order valence-electron chi connectivity index (χ4n) is 2.12. The van der Waals surface area contributed by atoms with E-state index in [-0.39, 0.29) is 17.5 Å². The van der Waals surface area contributed by atoms with Gasteiger partial charge in [-0.05, 0) is 24.1 Å². The van der Waals surface area contributed by atoms with Gasteiger partial charge in [0.1, 0.15) is 11.6 Å². The Kier molecular flexibility index (Phi) is 4.07. The van der Waals surface area contributed by atoms with E-state index in [1.54, 1.807) is 17.0 Å². The molecule has 1 aliphatic rings. The average Bonchev–Trinajstić information content (AvgIpc) is 2.75. The summed E-state index contributed by atoms with van der Waals surface area (Å²) in [6, 6.07) is 5.95. The van der Waals surface area contributed by atoms with Gasteiger partial charge >= 0.3 is 0 Å². The Morgan fingerprint density at radius 3 is 2.61 bits per heavy atom. The summed E-state index contributed by atoms with van der Waals surface area (Å²) < 4.78 is 12.7. The van der Waals surface area contributed by atoms with Gasteiger partial charge in [0.05, 0.1) is 0 Å². The van der Waals surface area contributed by atoms with Crippen LogP contribution in [-0.2, 0) is 16.0 Å². The number of hydrogen-bond donors (Lipinski definition) is 0. The number of likely N-dealkylation sites (tertiary alicyclic amines) is 1. The van der Waals surface area contributed by atoms with Crippen molar-refractivity contribution >= 4 is 11.7 Å². The maximum atomic E-state index is 12.7. The molecule has 0 N–H and O–H groups in total. The maximum absolute atomic E-state index is 12.7. The van der Waals surface area contributed by atoms with Crippen LogP contribution in [-0.4, -0.2) is 29.7 Å². The molecule has 0 aromatic heterocycles. The fraction of sp³-hybridized carbons (Fsp3) is 0.429. The zero-order valence-electron chi connectivity index (χ0n) is 10.2. The smallest absolute Gasteiger partial charge is 0.222 e. The highest BCUT2D eigenvalue weighted by molar-refractivity contribution is 5.82. The van der Waals surface area contributed by atoms with Gasteiger partial charge in [0.25, 0.3) is 0 Å². The van der Waals surface area contributed by atoms with Gasteiger partial charge in [0.2, 0.25) is 5.91 Å². The van der Waals surface area contributed by atoms with Crippen molar-refractivity contribution in [2.75, 3.05) is 13.1 Å². The van der Waals surface area contributed by atoms with E-state index in [0.29, 0.717) is 25.8 Å². The Morgan fingerprint density at radius 1 is 1.28 bits per heavy atom. The van der Waals surface area contributed by atoms with Gasteiger partial charge < -0.3 is 4.90 Å². The number of ketones is 1. The maximum Gasteiger partial charge on any atom is 0.222 e. The molecule has 1 aliphatic heterocycles. The third kappa shape index (κ3) is 3.39. The lowest BCUT2D eigenvalue weighted by Crippen LogP contribution is -2.27. The summed E-state index contributed by atoms with van der Waals surface area (Å²) in [6.45, 7) is 1.28. The van der Waals surface area contributed by atoms with Crippen LogP contribution in [0.1, 0.15) is 24.8 Å². The molecule has 1 aromatic carbocycles. The number of rotatable bonds is 5. The molecule has 0 saturated carbocycles. The zero-order chi connectivity index (χ0) is 13.0. The number of carbonyl (C=O) groups excluding carboxylic acids is 2. The minimum absolute atomic E-state index is 0.0845. The summed E-state index contributed by atoms with van der Waals surface area (Å²) in [5.41, 5.74) is 0.814. The monoisotopic (exact) mass is 249 g/mol. The molecule has 96 valence electrons. The van der Waals surface area contributed by atoms with Gasteiger partial charge in [-0.1, -0.05) is 12.1 Å². The van der Waals surface area contributed by atoms with E-state index < -0.39 is 0 Å². The highest BCUT2D eigenvalue weighted by Gasteiger charge is 2.20. The molecule has 2 rings (SSSR count). The van der Waals surface area contributed by atoms with Crippen molar-refractivity contribution in [3.05, 3.63) is 35.6 Å². The van der Waals surface area contributed by atoms with E-state index in [4.69, 9.17) is 0 Å². The first-order valence-corrected chi connectivity index (χ1v) is 6.19. The van der Waals surface area contributed by atoms with Crippen LogP contribution in [0.2, 0.25) is 0 Å². The van der Waals surface area contributed by atoms with Crippen LogP contribution in [0.15, 0.2) is 24.3 Å². The van der Waals surface area contributed by atoms with E-state index in [1.807, 2.05) is 0 Å². The van der Waals surface area contributed by atoms with Crippen molar-refractivity contribution < 1.29 is 14.0 Å². The summed E-state index contributed by atoms with van der Waals surface area (Å²) in [4.78, 5) is 24.8. The van der Waals surface area contributed by atoms with Crippen molar-refractivity contribution in [1.82, 2.24) is 4.90 Å². The second-order valence-electron chi connectivity index (χ2n) is 4.58. The molecule has 0 spiro atoms. The van der Waals surface area contributed by atoms with Crippen molar-refractivity contribution in [2.24, 2.45) is 0 Å². The topological polar surface area (TPSA) is 37.4 Å². The van der Waals surface area contributed by atoms with Gasteiger partial charge in [-0.3, -0.25) is 9.59 Å². The third-order valence-corrected chi connectivity index (χ3v) is 3.15. The SMILES string of the molecule is O=C(CCN1CCCC1=O)Cc1ccc(F)cc1. The Hall–Kier alpha value is -1.71. The summed E-state index contributed by atoms with van der Waals surface area (Å²) in [5.74, 6) is -0.0697. The number of halogens is 1. The van der Waals surface area contributed by atoms with E-state index in [1.165, 1.54) is 12.1 Å². The van der Waals surface area contributed by atoms with Gasteiger partial charge in [-0.2, -0.15) is 0 Å². The summed E-state index contributed by atoms with van der Waals surface area (Å²) in [5, 5.41) is 0. The average molecular weight is 249 g/mol. The molecular weight excluding hydrogens is 233 g/mol. The Labute approximate surface area is 106 Å². The second kappa shape index (κ2) is 5.76. The first-order chi connectivity index (χ1) is 8.65. The number of Topliss-reactive ketones (excluding diaryl/α,β-unsaturated/α-hetero) is 1. The minimum atomic E-state index is -0.297. The minimum Gasteiger partial charge on any atom is -0.342 e. The van der Waals surface area contributed by atoms with E-state index in [2.05, 4.69) is 0 Å². The molecule has 0 aliphatic carbocycles. The normalized spacial score (nSPS) is 15.2. The molecule has 0 bridgehead atoms. The Balaban J connectivity index is 1.78. The molecule has 0 radical (unpaired) electrons. The van der Waals surface area contributed by atoms with Crippen LogP contribution in [0.25, 0.3) is 0 Å². The highest BCUT2D eigenvalue weighted by atomic mass is 19.1. The van der Waals surface area contributed by atoms with Crippen molar-refractivity contribution in [1.29, 1.82) is 0 Å². The molecule has 1 fully saturated rings. The molecular formula is C14H16FNO2. The van der Waals surface area contributed by atoms with Crippen molar-refractivity contribution in [2.45, 2.75) is 25.7 Å². The van der Waals surface area contributed by atoms with Gasteiger partial charge in [0.15, 0.2) is 0 Å². The van der Waals surface area contributed by atoms with E-state index in [9.17, 15) is 14.0 Å². The lowest BCUT2D eigenvalue weighted by Gasteiger charge is -2.14. The van der Waals surface area contributed by atoms with E-state index in [0.717, 1.165) is 18.5 Å². The van der Waals surface area contributed by atoms with Crippen molar-refractivity contribution in [3.63, 3.8) is 0 Å². The molecule has 1 aromatic rings. The predicted molar refractivity (Wildman–Crippen MR) is 65.5 cm³/mol. The third-order valence-electron chi connectivity index (χ3n) is 3.15. The molecule has 0 unspecified atom stereocenters. The van der Waals surface area contributed by atoms with Crippen LogP contribution in [0.4, 0.5) is 4.39 Å². The first kappa shape index (κ1) is 12.7. The lowest BCUT2D eigenvalue weighted by atomic mass is 10.1. The predicted octanol–water partition coefficient (Wildman–Crippen LogP) is 1.95. The number of hydrogen-bond acceptors (Lipinski definition) is 2. The fourth-order valence-corrected chi connectivity index (χ4v) is 2.12. The molecule has 1 saturated heterocycles. The molecule has 1 heterocycles. The number of benzene rings is 1. The van der Waals surface area contributed by atoms with Crippen LogP contribution in [0.5, 0.6) is 0 Å². The lowest BCUT2D eigenvalue weighted by molar-refractivity contribution is -0.128. The number of amides is 1. The molecule has 4 heteroatoms. The van der Waals surface area contributed by atoms with E-state index >= 15 is 0 Å². The standard InChI is InChI=1S/C14H16FNO2/c15-12-5-3-11(4-6-12)10-13(17)7-9-16-8-1-2-14(16)18/h3-6H,1-2,7-10H2. The van der Waals surface area contributed by atoms with Crippen LogP contribution >= 0.6 is 0 Å². The van der Waals surface area contributed by atoms with Crippen LogP contribution in [0, 0.1) is 5.82 Å². The van der Waals surface area contributed by atoms with Crippen molar-refractivity contribution in [3.8, 4) is 0 Å². The number of nitrogens with zero attached hydrogens (tertiary/aromatic N) is 1. The number of carbonyl (C=O) groups is 2. The van der Waals surface area contributed by atoms with Gasteiger partial charge in [0, 0.05) is 32.4 Å². The zero-order valence-corrected chi connectivity index (χ0v) is 10.2. The largest absolute Gasteiger partial charge is 0.342 e. The second-order valence-corrected chi connectivity index (χ2v) is 4.58. The summed E-state index contributed by atoms with van der Waals surface area (Å²) >= 11 is 0.